The predicted molar refractivity (Wildman–Crippen MR) is 113 cm³/mol. The van der Waals surface area contributed by atoms with Crippen LogP contribution in [0.1, 0.15) is 57.8 Å². The van der Waals surface area contributed by atoms with Crippen molar-refractivity contribution in [2.75, 3.05) is 0 Å². The summed E-state index contributed by atoms with van der Waals surface area (Å²) in [7, 11) is 0. The molecule has 3 rings (SSSR count). The molecule has 1 aliphatic rings. The van der Waals surface area contributed by atoms with Crippen molar-refractivity contribution < 1.29 is 19.1 Å². The van der Waals surface area contributed by atoms with Crippen LogP contribution in [0.2, 0.25) is 0 Å². The predicted octanol–water partition coefficient (Wildman–Crippen LogP) is 5.95. The first-order valence-electron chi connectivity index (χ1n) is 10.8. The number of para-hydroxylation sites is 2. The highest BCUT2D eigenvalue weighted by atomic mass is 16.5. The van der Waals surface area contributed by atoms with Gasteiger partial charge in [0.2, 0.25) is 0 Å². The lowest BCUT2D eigenvalue weighted by atomic mass is 9.94. The van der Waals surface area contributed by atoms with E-state index in [1.165, 1.54) is 0 Å². The molecular weight excluding hydrogens is 364 g/mol. The highest BCUT2D eigenvalue weighted by Crippen LogP contribution is 2.26. The van der Waals surface area contributed by atoms with Crippen LogP contribution < -0.4 is 9.47 Å². The van der Waals surface area contributed by atoms with Crippen LogP contribution in [0.15, 0.2) is 60.7 Å². The molecule has 2 aromatic carbocycles. The first-order valence-corrected chi connectivity index (χ1v) is 10.8. The Morgan fingerprint density at radius 3 is 1.28 bits per heavy atom. The van der Waals surface area contributed by atoms with Crippen molar-refractivity contribution in [3.05, 3.63) is 60.7 Å². The quantitative estimate of drug-likeness (QED) is 0.475. The van der Waals surface area contributed by atoms with Crippen molar-refractivity contribution in [3.63, 3.8) is 0 Å². The van der Waals surface area contributed by atoms with Gasteiger partial charge in [0, 0.05) is 0 Å². The standard InChI is InChI=1S/C25H30O4/c26-24(28-22-16-6-2-7-17-22)20-12-4-1-5-13-21(15-11-10-14-20)25(27)29-23-18-8-3-9-19-23/h2-3,6-9,16-21H,1,4-5,10-15H2. The van der Waals surface area contributed by atoms with Crippen LogP contribution in [0.5, 0.6) is 11.5 Å². The van der Waals surface area contributed by atoms with Crippen molar-refractivity contribution in [1.29, 1.82) is 0 Å². The van der Waals surface area contributed by atoms with Crippen LogP contribution >= 0.6 is 0 Å². The monoisotopic (exact) mass is 394 g/mol. The van der Waals surface area contributed by atoms with Gasteiger partial charge in [-0.15, -0.1) is 0 Å². The molecule has 0 heterocycles. The molecule has 0 saturated heterocycles. The molecule has 0 spiro atoms. The van der Waals surface area contributed by atoms with Gasteiger partial charge in [-0.25, -0.2) is 0 Å². The van der Waals surface area contributed by atoms with E-state index in [0.29, 0.717) is 11.5 Å². The minimum atomic E-state index is -0.129. The lowest BCUT2D eigenvalue weighted by molar-refractivity contribution is -0.140. The summed E-state index contributed by atoms with van der Waals surface area (Å²) in [6.45, 7) is 0. The number of ether oxygens (including phenoxy) is 2. The van der Waals surface area contributed by atoms with Crippen molar-refractivity contribution in [2.45, 2.75) is 57.8 Å². The Morgan fingerprint density at radius 1 is 0.552 bits per heavy atom. The van der Waals surface area contributed by atoms with E-state index in [4.69, 9.17) is 9.47 Å². The largest absolute Gasteiger partial charge is 0.426 e. The zero-order valence-electron chi connectivity index (χ0n) is 16.9. The van der Waals surface area contributed by atoms with Crippen LogP contribution in [-0.4, -0.2) is 11.9 Å². The van der Waals surface area contributed by atoms with Crippen molar-refractivity contribution in [1.82, 2.24) is 0 Å². The summed E-state index contributed by atoms with van der Waals surface area (Å²) >= 11 is 0. The molecule has 29 heavy (non-hydrogen) atoms. The molecule has 2 atom stereocenters. The van der Waals surface area contributed by atoms with E-state index in [2.05, 4.69) is 0 Å². The average Bonchev–Trinajstić information content (AvgIpc) is 2.80. The number of hydrogen-bond donors (Lipinski definition) is 0. The molecule has 0 N–H and O–H groups in total. The normalized spacial score (nSPS) is 20.8. The van der Waals surface area contributed by atoms with Gasteiger partial charge in [-0.05, 0) is 49.9 Å². The zero-order valence-corrected chi connectivity index (χ0v) is 16.9. The fourth-order valence-electron chi connectivity index (χ4n) is 3.88. The Labute approximate surface area is 173 Å². The van der Waals surface area contributed by atoms with Gasteiger partial charge < -0.3 is 9.47 Å². The van der Waals surface area contributed by atoms with Gasteiger partial charge in [0.15, 0.2) is 0 Å². The molecule has 0 bridgehead atoms. The minimum Gasteiger partial charge on any atom is -0.426 e. The van der Waals surface area contributed by atoms with E-state index < -0.39 is 0 Å². The summed E-state index contributed by atoms with van der Waals surface area (Å²) in [5, 5.41) is 0. The third-order valence-electron chi connectivity index (χ3n) is 5.55. The van der Waals surface area contributed by atoms with Gasteiger partial charge in [-0.2, -0.15) is 0 Å². The van der Waals surface area contributed by atoms with E-state index in [0.717, 1.165) is 57.8 Å². The van der Waals surface area contributed by atoms with Gasteiger partial charge >= 0.3 is 11.9 Å². The third kappa shape index (κ3) is 7.04. The van der Waals surface area contributed by atoms with E-state index in [1.807, 2.05) is 60.7 Å². The molecule has 0 amide bonds. The molecule has 2 unspecified atom stereocenters. The first-order chi connectivity index (χ1) is 14.2. The molecule has 1 aliphatic carbocycles. The Hall–Kier alpha value is -2.62. The smallest absolute Gasteiger partial charge is 0.314 e. The van der Waals surface area contributed by atoms with E-state index in [9.17, 15) is 9.59 Å². The fourth-order valence-corrected chi connectivity index (χ4v) is 3.88. The molecule has 1 fully saturated rings. The van der Waals surface area contributed by atoms with E-state index >= 15 is 0 Å². The highest BCUT2D eigenvalue weighted by Gasteiger charge is 2.24. The number of hydrogen-bond acceptors (Lipinski definition) is 4. The third-order valence-corrected chi connectivity index (χ3v) is 5.55. The Morgan fingerprint density at radius 2 is 0.897 bits per heavy atom. The topological polar surface area (TPSA) is 52.6 Å². The fraction of sp³-hybridized carbons (Fsp3) is 0.440. The first kappa shape index (κ1) is 21.1. The Balaban J connectivity index is 1.51. The number of benzene rings is 2. The maximum absolute atomic E-state index is 12.6. The number of rotatable bonds is 4. The summed E-state index contributed by atoms with van der Waals surface area (Å²) in [5.41, 5.74) is 0. The number of carbonyl (C=O) groups is 2. The molecule has 1 saturated carbocycles. The summed E-state index contributed by atoms with van der Waals surface area (Å²) in [6.07, 6.45) is 8.15. The molecule has 2 aromatic rings. The second-order valence-corrected chi connectivity index (χ2v) is 7.78. The SMILES string of the molecule is O=C(Oc1ccccc1)C1CCCCCC(C(=O)Oc2ccccc2)CCCC1. The van der Waals surface area contributed by atoms with Gasteiger partial charge in [-0.3, -0.25) is 9.59 Å². The van der Waals surface area contributed by atoms with Crippen LogP contribution in [0.4, 0.5) is 0 Å². The second kappa shape index (κ2) is 11.4. The molecule has 154 valence electrons. The molecule has 4 heteroatoms. The summed E-state index contributed by atoms with van der Waals surface area (Å²) in [6, 6.07) is 18.5. The van der Waals surface area contributed by atoms with Crippen molar-refractivity contribution >= 4 is 11.9 Å². The van der Waals surface area contributed by atoms with Crippen LogP contribution in [0, 0.1) is 11.8 Å². The average molecular weight is 395 g/mol. The van der Waals surface area contributed by atoms with Crippen LogP contribution in [-0.2, 0) is 9.59 Å². The van der Waals surface area contributed by atoms with Gasteiger partial charge in [0.25, 0.3) is 0 Å². The summed E-state index contributed by atoms with van der Waals surface area (Å²) in [5.74, 6) is 0.822. The Bertz CT molecular complexity index is 691. The Kier molecular flexibility index (Phi) is 8.29. The molecule has 0 radical (unpaired) electrons. The lowest BCUT2D eigenvalue weighted by Gasteiger charge is -2.16. The summed E-state index contributed by atoms with van der Waals surface area (Å²) in [4.78, 5) is 25.2. The lowest BCUT2D eigenvalue weighted by Crippen LogP contribution is -2.21. The maximum Gasteiger partial charge on any atom is 0.314 e. The van der Waals surface area contributed by atoms with Crippen LogP contribution in [0.3, 0.4) is 0 Å². The second-order valence-electron chi connectivity index (χ2n) is 7.78. The zero-order chi connectivity index (χ0) is 20.3. The van der Waals surface area contributed by atoms with Crippen molar-refractivity contribution in [3.8, 4) is 11.5 Å². The number of esters is 2. The van der Waals surface area contributed by atoms with Gasteiger partial charge in [0.1, 0.15) is 11.5 Å². The molecule has 0 aliphatic heterocycles. The van der Waals surface area contributed by atoms with E-state index in [-0.39, 0.29) is 23.8 Å². The van der Waals surface area contributed by atoms with Crippen LogP contribution in [0.25, 0.3) is 0 Å². The van der Waals surface area contributed by atoms with Crippen molar-refractivity contribution in [2.24, 2.45) is 11.8 Å². The van der Waals surface area contributed by atoms with Gasteiger partial charge in [-0.1, -0.05) is 68.5 Å². The number of carbonyl (C=O) groups excluding carboxylic acids is 2. The molecule has 0 aromatic heterocycles. The van der Waals surface area contributed by atoms with Gasteiger partial charge in [0.05, 0.1) is 11.8 Å². The molecule has 4 nitrogen and oxygen atoms in total. The maximum atomic E-state index is 12.6. The van der Waals surface area contributed by atoms with E-state index in [1.54, 1.807) is 0 Å². The minimum absolute atomic E-state index is 0.0666. The molecular formula is C25H30O4. The summed E-state index contributed by atoms with van der Waals surface area (Å²) < 4.78 is 11.1. The highest BCUT2D eigenvalue weighted by molar-refractivity contribution is 5.75.